The van der Waals surface area contributed by atoms with Crippen molar-refractivity contribution in [3.8, 4) is 5.75 Å². The minimum absolute atomic E-state index is 0.0321. The molecule has 0 saturated carbocycles. The molecule has 2 aromatic rings. The summed E-state index contributed by atoms with van der Waals surface area (Å²) in [6.07, 6.45) is 0. The summed E-state index contributed by atoms with van der Waals surface area (Å²) >= 11 is 0. The van der Waals surface area contributed by atoms with Crippen LogP contribution in [0.1, 0.15) is 28.3 Å². The lowest BCUT2D eigenvalue weighted by molar-refractivity contribution is 0.386. The third-order valence-corrected chi connectivity index (χ3v) is 3.54. The minimum atomic E-state index is -0.337. The summed E-state index contributed by atoms with van der Waals surface area (Å²) in [6.45, 7) is 4.13. The lowest BCUT2D eigenvalue weighted by atomic mass is 9.93. The molecule has 0 saturated heterocycles. The maximum Gasteiger partial charge on any atom is 0.165 e. The van der Waals surface area contributed by atoms with Gasteiger partial charge in [0.15, 0.2) is 11.6 Å². The molecule has 1 unspecified atom stereocenters. The number of methoxy groups -OCH3 is 1. The summed E-state index contributed by atoms with van der Waals surface area (Å²) in [5.74, 6) is -0.0693. The van der Waals surface area contributed by atoms with Crippen LogP contribution in [0.15, 0.2) is 36.4 Å². The van der Waals surface area contributed by atoms with E-state index in [0.717, 1.165) is 11.1 Å². The van der Waals surface area contributed by atoms with Gasteiger partial charge in [-0.3, -0.25) is 0 Å². The van der Waals surface area contributed by atoms with Gasteiger partial charge in [-0.2, -0.15) is 0 Å². The summed E-state index contributed by atoms with van der Waals surface area (Å²) in [7, 11) is 3.35. The molecule has 2 nitrogen and oxygen atoms in total. The second-order valence-corrected chi connectivity index (χ2v) is 4.98. The highest BCUT2D eigenvalue weighted by atomic mass is 19.1. The van der Waals surface area contributed by atoms with Crippen molar-refractivity contribution >= 4 is 0 Å². The largest absolute Gasteiger partial charge is 0.494 e. The smallest absolute Gasteiger partial charge is 0.165 e. The second kappa shape index (κ2) is 6.06. The maximum atomic E-state index is 13.9. The Morgan fingerprint density at radius 1 is 1.10 bits per heavy atom. The highest BCUT2D eigenvalue weighted by molar-refractivity contribution is 5.41. The zero-order valence-corrected chi connectivity index (χ0v) is 12.3. The van der Waals surface area contributed by atoms with Crippen molar-refractivity contribution in [2.24, 2.45) is 0 Å². The average Bonchev–Trinajstić information content (AvgIpc) is 2.44. The van der Waals surface area contributed by atoms with Crippen molar-refractivity contribution in [3.05, 3.63) is 64.5 Å². The van der Waals surface area contributed by atoms with Crippen LogP contribution in [-0.2, 0) is 0 Å². The molecule has 0 aromatic heterocycles. The van der Waals surface area contributed by atoms with Crippen LogP contribution < -0.4 is 10.1 Å². The van der Waals surface area contributed by atoms with Gasteiger partial charge in [0.05, 0.1) is 13.2 Å². The highest BCUT2D eigenvalue weighted by Crippen LogP contribution is 2.28. The first kappa shape index (κ1) is 14.5. The molecule has 0 radical (unpaired) electrons. The molecule has 0 aliphatic carbocycles. The molecule has 0 bridgehead atoms. The van der Waals surface area contributed by atoms with E-state index in [9.17, 15) is 4.39 Å². The summed E-state index contributed by atoms with van der Waals surface area (Å²) < 4.78 is 18.9. The molecule has 0 heterocycles. The van der Waals surface area contributed by atoms with Crippen molar-refractivity contribution in [1.82, 2.24) is 5.32 Å². The van der Waals surface area contributed by atoms with Gasteiger partial charge in [-0.25, -0.2) is 4.39 Å². The van der Waals surface area contributed by atoms with Gasteiger partial charge in [-0.05, 0) is 49.7 Å². The lowest BCUT2D eigenvalue weighted by Crippen LogP contribution is -2.19. The second-order valence-electron chi connectivity index (χ2n) is 4.98. The van der Waals surface area contributed by atoms with Crippen LogP contribution in [0.5, 0.6) is 5.75 Å². The van der Waals surface area contributed by atoms with Crippen LogP contribution in [0.2, 0.25) is 0 Å². The van der Waals surface area contributed by atoms with Crippen LogP contribution in [0.3, 0.4) is 0 Å². The number of ether oxygens (including phenoxy) is 1. The van der Waals surface area contributed by atoms with Gasteiger partial charge in [-0.15, -0.1) is 0 Å². The normalized spacial score (nSPS) is 12.2. The maximum absolute atomic E-state index is 13.9. The predicted octanol–water partition coefficient (Wildman–Crippen LogP) is 3.76. The third kappa shape index (κ3) is 2.83. The minimum Gasteiger partial charge on any atom is -0.494 e. The molecule has 20 heavy (non-hydrogen) atoms. The molecular weight excluding hydrogens is 253 g/mol. The van der Waals surface area contributed by atoms with Gasteiger partial charge in [0.2, 0.25) is 0 Å². The zero-order valence-electron chi connectivity index (χ0n) is 12.3. The summed E-state index contributed by atoms with van der Waals surface area (Å²) in [6, 6.07) is 11.4. The van der Waals surface area contributed by atoms with E-state index in [2.05, 4.69) is 37.4 Å². The predicted molar refractivity (Wildman–Crippen MR) is 79.8 cm³/mol. The lowest BCUT2D eigenvalue weighted by Gasteiger charge is -2.20. The fourth-order valence-corrected chi connectivity index (χ4v) is 2.43. The number of hydrogen-bond donors (Lipinski definition) is 1. The van der Waals surface area contributed by atoms with E-state index in [-0.39, 0.29) is 17.6 Å². The molecule has 0 amide bonds. The third-order valence-electron chi connectivity index (χ3n) is 3.54. The monoisotopic (exact) mass is 273 g/mol. The Morgan fingerprint density at radius 3 is 2.45 bits per heavy atom. The Bertz CT molecular complexity index is 610. The summed E-state index contributed by atoms with van der Waals surface area (Å²) in [4.78, 5) is 0. The van der Waals surface area contributed by atoms with Crippen molar-refractivity contribution < 1.29 is 9.13 Å². The van der Waals surface area contributed by atoms with E-state index < -0.39 is 0 Å². The van der Waals surface area contributed by atoms with E-state index in [1.165, 1.54) is 24.3 Å². The van der Waals surface area contributed by atoms with E-state index in [1.54, 1.807) is 6.07 Å². The fourth-order valence-electron chi connectivity index (χ4n) is 2.43. The van der Waals surface area contributed by atoms with Gasteiger partial charge >= 0.3 is 0 Å². The van der Waals surface area contributed by atoms with Gasteiger partial charge in [0, 0.05) is 0 Å². The Hall–Kier alpha value is -1.87. The van der Waals surface area contributed by atoms with Crippen LogP contribution in [0.25, 0.3) is 0 Å². The van der Waals surface area contributed by atoms with Crippen molar-refractivity contribution in [1.29, 1.82) is 0 Å². The number of benzene rings is 2. The molecule has 0 fully saturated rings. The van der Waals surface area contributed by atoms with Crippen LogP contribution in [0, 0.1) is 19.7 Å². The Balaban J connectivity index is 2.46. The first-order valence-corrected chi connectivity index (χ1v) is 6.64. The van der Waals surface area contributed by atoms with Crippen molar-refractivity contribution in [2.75, 3.05) is 14.2 Å². The van der Waals surface area contributed by atoms with Crippen LogP contribution >= 0.6 is 0 Å². The Morgan fingerprint density at radius 2 is 1.85 bits per heavy atom. The topological polar surface area (TPSA) is 21.3 Å². The number of halogens is 1. The van der Waals surface area contributed by atoms with Crippen LogP contribution in [-0.4, -0.2) is 14.2 Å². The quantitative estimate of drug-likeness (QED) is 0.915. The molecule has 0 spiro atoms. The van der Waals surface area contributed by atoms with E-state index >= 15 is 0 Å². The van der Waals surface area contributed by atoms with Crippen molar-refractivity contribution in [2.45, 2.75) is 19.9 Å². The number of nitrogens with one attached hydrogen (secondary N) is 1. The summed E-state index contributed by atoms with van der Waals surface area (Å²) in [5, 5.41) is 3.26. The van der Waals surface area contributed by atoms with E-state index in [0.29, 0.717) is 0 Å². The Kier molecular flexibility index (Phi) is 4.40. The molecule has 106 valence electrons. The van der Waals surface area contributed by atoms with E-state index in [1.807, 2.05) is 13.1 Å². The van der Waals surface area contributed by atoms with Crippen LogP contribution in [0.4, 0.5) is 4.39 Å². The van der Waals surface area contributed by atoms with Gasteiger partial charge in [0.25, 0.3) is 0 Å². The van der Waals surface area contributed by atoms with Gasteiger partial charge in [0.1, 0.15) is 0 Å². The zero-order chi connectivity index (χ0) is 14.7. The van der Waals surface area contributed by atoms with E-state index in [4.69, 9.17) is 4.74 Å². The fraction of sp³-hybridized carbons (Fsp3) is 0.294. The average molecular weight is 273 g/mol. The molecule has 0 aliphatic rings. The number of hydrogen-bond acceptors (Lipinski definition) is 2. The number of rotatable bonds is 4. The molecule has 1 atom stereocenters. The molecule has 2 rings (SSSR count). The highest BCUT2D eigenvalue weighted by Gasteiger charge is 2.16. The van der Waals surface area contributed by atoms with Gasteiger partial charge < -0.3 is 10.1 Å². The molecule has 1 N–H and O–H groups in total. The molecule has 2 aromatic carbocycles. The Labute approximate surface area is 119 Å². The standard InChI is InChI=1S/C17H20FNO/c1-11-5-6-12(2)14(9-11)17(19-3)13-7-8-16(20-4)15(18)10-13/h5-10,17,19H,1-4H3. The van der Waals surface area contributed by atoms with Crippen molar-refractivity contribution in [3.63, 3.8) is 0 Å². The first-order chi connectivity index (χ1) is 9.56. The molecular formula is C17H20FNO. The molecule has 0 aliphatic heterocycles. The first-order valence-electron chi connectivity index (χ1n) is 6.64. The summed E-state index contributed by atoms with van der Waals surface area (Å²) in [5.41, 5.74) is 4.43. The number of aryl methyl sites for hydroxylation is 2. The van der Waals surface area contributed by atoms with Gasteiger partial charge in [-0.1, -0.05) is 29.8 Å². The molecule has 3 heteroatoms. The SMILES string of the molecule is CNC(c1ccc(OC)c(F)c1)c1cc(C)ccc1C.